The third-order valence-corrected chi connectivity index (χ3v) is 4.20. The van der Waals surface area contributed by atoms with Gasteiger partial charge in [-0.25, -0.2) is 4.39 Å². The molecule has 4 aliphatic rings. The molecule has 0 amide bonds. The van der Waals surface area contributed by atoms with Gasteiger partial charge in [0.2, 0.25) is 0 Å². The molecule has 0 radical (unpaired) electrons. The average molecular weight is 211 g/mol. The highest BCUT2D eigenvalue weighted by Crippen LogP contribution is 2.38. The number of Topliss-reactive ketones (excluding diaryl/α,β-unsaturated/α-hetero) is 1. The second-order valence-corrected chi connectivity index (χ2v) is 5.50. The number of piperidine rings is 1. The molecule has 4 rings (SSSR count). The number of nitrogens with one attached hydrogen (secondary N) is 1. The van der Waals surface area contributed by atoms with Crippen LogP contribution < -0.4 is 5.32 Å². The van der Waals surface area contributed by atoms with Crippen LogP contribution in [0, 0.1) is 11.8 Å². The molecule has 4 atom stereocenters. The second-order valence-electron chi connectivity index (χ2n) is 5.50. The summed E-state index contributed by atoms with van der Waals surface area (Å²) < 4.78 is 12.6. The molecule has 3 heteroatoms. The van der Waals surface area contributed by atoms with Gasteiger partial charge in [0.05, 0.1) is 5.92 Å². The summed E-state index contributed by atoms with van der Waals surface area (Å²) in [6, 6.07) is 1.44. The van der Waals surface area contributed by atoms with Crippen LogP contribution >= 0.6 is 0 Å². The summed E-state index contributed by atoms with van der Waals surface area (Å²) >= 11 is 0. The summed E-state index contributed by atoms with van der Waals surface area (Å²) in [6.45, 7) is 0. The third kappa shape index (κ3) is 1.94. The number of ketones is 1. The number of hydrogen-bond acceptors (Lipinski definition) is 2. The lowest BCUT2D eigenvalue weighted by molar-refractivity contribution is -0.121. The number of carbonyl (C=O) groups excluding carboxylic acids is 1. The number of fused-ring (bicyclic) bond motifs is 2. The molecule has 2 bridgehead atoms. The molecule has 4 unspecified atom stereocenters. The minimum absolute atomic E-state index is 0.176. The number of alkyl halides is 1. The summed E-state index contributed by atoms with van der Waals surface area (Å²) in [7, 11) is 0. The van der Waals surface area contributed by atoms with E-state index < -0.39 is 6.17 Å². The molecule has 0 aromatic carbocycles. The maximum absolute atomic E-state index is 12.6. The van der Waals surface area contributed by atoms with Crippen LogP contribution in [-0.2, 0) is 4.79 Å². The summed E-state index contributed by atoms with van der Waals surface area (Å²) in [5.41, 5.74) is 0. The van der Waals surface area contributed by atoms with E-state index in [9.17, 15) is 9.18 Å². The van der Waals surface area contributed by atoms with Crippen molar-refractivity contribution in [1.29, 1.82) is 0 Å². The van der Waals surface area contributed by atoms with Gasteiger partial charge in [0.25, 0.3) is 0 Å². The van der Waals surface area contributed by atoms with E-state index in [1.165, 1.54) is 19.3 Å². The average Bonchev–Trinajstić information content (AvgIpc) is 2.91. The zero-order valence-electron chi connectivity index (χ0n) is 8.92. The van der Waals surface area contributed by atoms with Crippen molar-refractivity contribution >= 4 is 5.78 Å². The summed E-state index contributed by atoms with van der Waals surface area (Å²) in [6.07, 6.45) is 5.10. The molecule has 2 saturated heterocycles. The van der Waals surface area contributed by atoms with E-state index in [0.29, 0.717) is 12.8 Å². The zero-order valence-corrected chi connectivity index (χ0v) is 8.92. The molecule has 2 nitrogen and oxygen atoms in total. The quantitative estimate of drug-likeness (QED) is 0.768. The molecule has 4 fully saturated rings. The largest absolute Gasteiger partial charge is 0.311 e. The fourth-order valence-electron chi connectivity index (χ4n) is 3.15. The maximum atomic E-state index is 12.6. The first-order valence-electron chi connectivity index (χ1n) is 6.15. The van der Waals surface area contributed by atoms with Gasteiger partial charge in [-0.2, -0.15) is 0 Å². The van der Waals surface area contributed by atoms with Crippen LogP contribution in [0.1, 0.15) is 38.5 Å². The van der Waals surface area contributed by atoms with Crippen molar-refractivity contribution in [2.24, 2.45) is 11.8 Å². The lowest BCUT2D eigenvalue weighted by atomic mass is 9.74. The Balaban J connectivity index is 1.40. The number of rotatable bonds is 4. The fraction of sp³-hybridized carbons (Fsp3) is 0.917. The molecule has 2 aliphatic heterocycles. The first-order chi connectivity index (χ1) is 7.22. The minimum atomic E-state index is -0.807. The molecule has 15 heavy (non-hydrogen) atoms. The minimum Gasteiger partial charge on any atom is -0.311 e. The van der Waals surface area contributed by atoms with Crippen molar-refractivity contribution < 1.29 is 9.18 Å². The maximum Gasteiger partial charge on any atom is 0.138 e. The second kappa shape index (κ2) is 3.55. The van der Waals surface area contributed by atoms with E-state index in [0.717, 1.165) is 24.4 Å². The van der Waals surface area contributed by atoms with Gasteiger partial charge < -0.3 is 5.32 Å². The Morgan fingerprint density at radius 2 is 1.80 bits per heavy atom. The Kier molecular flexibility index (Phi) is 2.31. The van der Waals surface area contributed by atoms with Gasteiger partial charge in [-0.1, -0.05) is 0 Å². The van der Waals surface area contributed by atoms with Crippen molar-refractivity contribution in [2.75, 3.05) is 0 Å². The van der Waals surface area contributed by atoms with Crippen molar-refractivity contribution in [3.63, 3.8) is 0 Å². The Hall–Kier alpha value is -0.440. The van der Waals surface area contributed by atoms with E-state index in [1.807, 2.05) is 0 Å². The van der Waals surface area contributed by atoms with Gasteiger partial charge >= 0.3 is 0 Å². The van der Waals surface area contributed by atoms with Gasteiger partial charge in [0, 0.05) is 18.5 Å². The molecule has 2 saturated carbocycles. The van der Waals surface area contributed by atoms with E-state index in [2.05, 4.69) is 5.32 Å². The Labute approximate surface area is 89.6 Å². The summed E-state index contributed by atoms with van der Waals surface area (Å²) in [5.74, 6) is 0.673. The summed E-state index contributed by atoms with van der Waals surface area (Å²) in [5, 5.41) is 3.49. The smallest absolute Gasteiger partial charge is 0.138 e. The highest BCUT2D eigenvalue weighted by molar-refractivity contribution is 5.84. The molecule has 0 aromatic rings. The Morgan fingerprint density at radius 1 is 1.20 bits per heavy atom. The van der Waals surface area contributed by atoms with Crippen LogP contribution in [0.2, 0.25) is 0 Å². The standard InChI is InChI=1S/C12H18FNO/c13-11-6-10(11)12(15)2-1-7-3-8-5-9(4-7)14-8/h7-11,14H,1-6H2. The first-order valence-corrected chi connectivity index (χ1v) is 6.15. The molecule has 1 N–H and O–H groups in total. The zero-order chi connectivity index (χ0) is 10.4. The highest BCUT2D eigenvalue weighted by atomic mass is 19.1. The Morgan fingerprint density at radius 3 is 2.33 bits per heavy atom. The molecule has 2 aliphatic carbocycles. The molecule has 0 spiro atoms. The highest BCUT2D eigenvalue weighted by Gasteiger charge is 2.43. The van der Waals surface area contributed by atoms with Crippen molar-refractivity contribution in [2.45, 2.75) is 56.8 Å². The van der Waals surface area contributed by atoms with Crippen LogP contribution in [0.3, 0.4) is 0 Å². The predicted octanol–water partition coefficient (Wildman–Crippen LogP) is 1.83. The summed E-state index contributed by atoms with van der Waals surface area (Å²) in [4.78, 5) is 11.5. The number of carbonyl (C=O) groups is 1. The van der Waals surface area contributed by atoms with Crippen LogP contribution in [-0.4, -0.2) is 24.0 Å². The van der Waals surface area contributed by atoms with E-state index in [1.54, 1.807) is 0 Å². The van der Waals surface area contributed by atoms with E-state index in [-0.39, 0.29) is 11.7 Å². The monoisotopic (exact) mass is 211 g/mol. The SMILES string of the molecule is O=C(CCC1CC2CC(C1)N2)C1CC1F. The van der Waals surface area contributed by atoms with Gasteiger partial charge in [0.15, 0.2) is 0 Å². The van der Waals surface area contributed by atoms with Crippen molar-refractivity contribution in [1.82, 2.24) is 5.32 Å². The lowest BCUT2D eigenvalue weighted by Crippen LogP contribution is -2.57. The first kappa shape index (κ1) is 9.76. The topological polar surface area (TPSA) is 29.1 Å². The number of halogens is 1. The van der Waals surface area contributed by atoms with Crippen LogP contribution in [0.4, 0.5) is 4.39 Å². The van der Waals surface area contributed by atoms with Crippen LogP contribution in [0.5, 0.6) is 0 Å². The van der Waals surface area contributed by atoms with E-state index >= 15 is 0 Å². The predicted molar refractivity (Wildman–Crippen MR) is 55.3 cm³/mol. The van der Waals surface area contributed by atoms with Crippen LogP contribution in [0.15, 0.2) is 0 Å². The van der Waals surface area contributed by atoms with Crippen molar-refractivity contribution in [3.8, 4) is 0 Å². The van der Waals surface area contributed by atoms with Crippen molar-refractivity contribution in [3.05, 3.63) is 0 Å². The molecule has 0 aromatic heterocycles. The molecule has 84 valence electrons. The number of hydrogen-bond donors (Lipinski definition) is 1. The normalized spacial score (nSPS) is 47.1. The molecule has 2 heterocycles. The van der Waals surface area contributed by atoms with Crippen LogP contribution in [0.25, 0.3) is 0 Å². The fourth-order valence-corrected chi connectivity index (χ4v) is 3.15. The van der Waals surface area contributed by atoms with Gasteiger partial charge in [0.1, 0.15) is 12.0 Å². The molecular formula is C12H18FNO. The van der Waals surface area contributed by atoms with E-state index in [4.69, 9.17) is 0 Å². The lowest BCUT2D eigenvalue weighted by Gasteiger charge is -2.46. The van der Waals surface area contributed by atoms with Gasteiger partial charge in [-0.3, -0.25) is 4.79 Å². The Bertz CT molecular complexity index is 265. The third-order valence-electron chi connectivity index (χ3n) is 4.20. The molecular weight excluding hydrogens is 193 g/mol. The van der Waals surface area contributed by atoms with Gasteiger partial charge in [-0.15, -0.1) is 0 Å². The van der Waals surface area contributed by atoms with Gasteiger partial charge in [-0.05, 0) is 38.0 Å².